The monoisotopic (exact) mass is 332 g/mol. The van der Waals surface area contributed by atoms with E-state index in [1.165, 1.54) is 0 Å². The van der Waals surface area contributed by atoms with Crippen molar-refractivity contribution < 1.29 is 4.79 Å². The van der Waals surface area contributed by atoms with E-state index in [1.807, 2.05) is 59.5 Å². The fraction of sp³-hybridized carbons (Fsp3) is 0.235. The molecule has 1 aliphatic heterocycles. The molecule has 0 saturated carbocycles. The molecule has 3 rings (SSSR count). The molecule has 2 aromatic rings. The van der Waals surface area contributed by atoms with Crippen LogP contribution in [-0.2, 0) is 6.54 Å². The molecule has 1 atom stereocenters. The van der Waals surface area contributed by atoms with Crippen LogP contribution in [0.15, 0.2) is 54.6 Å². The number of amides is 2. The van der Waals surface area contributed by atoms with Gasteiger partial charge in [0.15, 0.2) is 0 Å². The van der Waals surface area contributed by atoms with Crippen molar-refractivity contribution in [3.05, 3.63) is 70.7 Å². The summed E-state index contributed by atoms with van der Waals surface area (Å²) in [5.74, 6) is 0.940. The van der Waals surface area contributed by atoms with Crippen LogP contribution in [0, 0.1) is 0 Å². The number of rotatable bonds is 3. The number of hydrogen-bond acceptors (Lipinski definition) is 2. The lowest BCUT2D eigenvalue weighted by Crippen LogP contribution is -2.39. The van der Waals surface area contributed by atoms with Gasteiger partial charge in [0.05, 0.1) is 0 Å². The molecule has 1 aliphatic rings. The molecule has 1 saturated heterocycles. The molecule has 5 heteroatoms. The molecule has 1 heterocycles. The van der Waals surface area contributed by atoms with Crippen LogP contribution in [0.3, 0.4) is 0 Å². The molecule has 2 aromatic carbocycles. The zero-order chi connectivity index (χ0) is 15.4. The highest BCUT2D eigenvalue weighted by molar-refractivity contribution is 7.99. The zero-order valence-corrected chi connectivity index (χ0v) is 13.6. The number of benzene rings is 2. The Labute approximate surface area is 139 Å². The number of urea groups is 1. The first-order valence-corrected chi connectivity index (χ1v) is 8.62. The topological polar surface area (TPSA) is 32.3 Å². The van der Waals surface area contributed by atoms with Gasteiger partial charge >= 0.3 is 6.03 Å². The summed E-state index contributed by atoms with van der Waals surface area (Å²) < 4.78 is 0. The van der Waals surface area contributed by atoms with E-state index >= 15 is 0 Å². The summed E-state index contributed by atoms with van der Waals surface area (Å²) in [6.07, 6.45) is 0. The van der Waals surface area contributed by atoms with E-state index in [1.54, 1.807) is 11.8 Å². The smallest absolute Gasteiger partial charge is 0.318 e. The van der Waals surface area contributed by atoms with Gasteiger partial charge in [-0.05, 0) is 23.3 Å². The van der Waals surface area contributed by atoms with E-state index in [4.69, 9.17) is 11.6 Å². The predicted molar refractivity (Wildman–Crippen MR) is 92.0 cm³/mol. The van der Waals surface area contributed by atoms with Crippen molar-refractivity contribution in [1.82, 2.24) is 10.2 Å². The lowest BCUT2D eigenvalue weighted by Gasteiger charge is -2.24. The minimum Gasteiger partial charge on any atom is -0.334 e. The fourth-order valence-electron chi connectivity index (χ4n) is 2.49. The Balaban J connectivity index is 1.66. The predicted octanol–water partition coefficient (Wildman–Crippen LogP) is 4.30. The van der Waals surface area contributed by atoms with Crippen LogP contribution in [0.4, 0.5) is 4.79 Å². The highest BCUT2D eigenvalue weighted by atomic mass is 35.5. The average molecular weight is 333 g/mol. The van der Waals surface area contributed by atoms with Gasteiger partial charge in [-0.15, -0.1) is 11.8 Å². The van der Waals surface area contributed by atoms with Gasteiger partial charge in [0.25, 0.3) is 0 Å². The summed E-state index contributed by atoms with van der Waals surface area (Å²) in [5.41, 5.74) is 2.17. The van der Waals surface area contributed by atoms with Crippen molar-refractivity contribution in [2.75, 3.05) is 12.3 Å². The quantitative estimate of drug-likeness (QED) is 0.909. The van der Waals surface area contributed by atoms with Crippen LogP contribution in [-0.4, -0.2) is 23.2 Å². The molecule has 2 amide bonds. The molecule has 0 aromatic heterocycles. The van der Waals surface area contributed by atoms with E-state index in [-0.39, 0.29) is 11.4 Å². The third-order valence-corrected chi connectivity index (χ3v) is 5.07. The summed E-state index contributed by atoms with van der Waals surface area (Å²) in [6.45, 7) is 1.30. The second kappa shape index (κ2) is 7.07. The maximum absolute atomic E-state index is 12.5. The average Bonchev–Trinajstić information content (AvgIpc) is 3.03. The number of nitrogens with zero attached hydrogens (tertiary/aromatic N) is 1. The van der Waals surface area contributed by atoms with Gasteiger partial charge in [0, 0.05) is 23.9 Å². The number of hydrogen-bond donors (Lipinski definition) is 1. The Kier molecular flexibility index (Phi) is 4.90. The van der Waals surface area contributed by atoms with Crippen molar-refractivity contribution >= 4 is 29.4 Å². The molecule has 0 bridgehead atoms. The summed E-state index contributed by atoms with van der Waals surface area (Å²) in [7, 11) is 0. The van der Waals surface area contributed by atoms with E-state index in [2.05, 4.69) is 5.32 Å². The standard InChI is InChI=1S/C17H17ClN2OS/c18-15-8-4-7-14(11-15)16-20(9-10-22-16)17(21)19-12-13-5-2-1-3-6-13/h1-8,11,16H,9-10,12H2,(H,19,21)/t16-/m1/s1. The molecular formula is C17H17ClN2OS. The van der Waals surface area contributed by atoms with Crippen molar-refractivity contribution in [2.45, 2.75) is 11.9 Å². The summed E-state index contributed by atoms with van der Waals surface area (Å²) in [6, 6.07) is 17.6. The Morgan fingerprint density at radius 3 is 2.82 bits per heavy atom. The van der Waals surface area contributed by atoms with Crippen LogP contribution in [0.5, 0.6) is 0 Å². The van der Waals surface area contributed by atoms with Gasteiger partial charge in [-0.2, -0.15) is 0 Å². The van der Waals surface area contributed by atoms with Gasteiger partial charge in [0.2, 0.25) is 0 Å². The van der Waals surface area contributed by atoms with Crippen molar-refractivity contribution in [2.24, 2.45) is 0 Å². The summed E-state index contributed by atoms with van der Waals surface area (Å²) in [4.78, 5) is 14.3. The number of carbonyl (C=O) groups excluding carboxylic acids is 1. The maximum Gasteiger partial charge on any atom is 0.318 e. The van der Waals surface area contributed by atoms with Crippen LogP contribution < -0.4 is 5.32 Å². The van der Waals surface area contributed by atoms with Crippen molar-refractivity contribution in [3.63, 3.8) is 0 Å². The number of carbonyl (C=O) groups is 1. The van der Waals surface area contributed by atoms with Crippen LogP contribution in [0.25, 0.3) is 0 Å². The second-order valence-corrected chi connectivity index (χ2v) is 6.74. The number of nitrogens with one attached hydrogen (secondary N) is 1. The van der Waals surface area contributed by atoms with E-state index in [0.717, 1.165) is 23.4 Å². The van der Waals surface area contributed by atoms with Gasteiger partial charge in [0.1, 0.15) is 5.37 Å². The largest absolute Gasteiger partial charge is 0.334 e. The number of thioether (sulfide) groups is 1. The van der Waals surface area contributed by atoms with E-state index in [9.17, 15) is 4.79 Å². The first-order chi connectivity index (χ1) is 10.7. The van der Waals surface area contributed by atoms with E-state index < -0.39 is 0 Å². The first-order valence-electron chi connectivity index (χ1n) is 7.19. The van der Waals surface area contributed by atoms with Gasteiger partial charge in [-0.1, -0.05) is 54.1 Å². The van der Waals surface area contributed by atoms with E-state index in [0.29, 0.717) is 11.6 Å². The number of halogens is 1. The maximum atomic E-state index is 12.5. The normalized spacial score (nSPS) is 17.5. The molecule has 0 unspecified atom stereocenters. The molecule has 22 heavy (non-hydrogen) atoms. The van der Waals surface area contributed by atoms with Gasteiger partial charge < -0.3 is 10.2 Å². The fourth-order valence-corrected chi connectivity index (χ4v) is 3.93. The van der Waals surface area contributed by atoms with Gasteiger partial charge in [-0.25, -0.2) is 4.79 Å². The lowest BCUT2D eigenvalue weighted by atomic mass is 10.2. The zero-order valence-electron chi connectivity index (χ0n) is 12.0. The molecule has 114 valence electrons. The third-order valence-electron chi connectivity index (χ3n) is 3.57. The molecule has 0 spiro atoms. The van der Waals surface area contributed by atoms with Crippen LogP contribution in [0.1, 0.15) is 16.5 Å². The Hall–Kier alpha value is -1.65. The summed E-state index contributed by atoms with van der Waals surface area (Å²) in [5, 5.41) is 3.74. The second-order valence-electron chi connectivity index (χ2n) is 5.12. The molecule has 1 fully saturated rings. The molecule has 3 nitrogen and oxygen atoms in total. The van der Waals surface area contributed by atoms with Crippen molar-refractivity contribution in [3.8, 4) is 0 Å². The van der Waals surface area contributed by atoms with Gasteiger partial charge in [-0.3, -0.25) is 0 Å². The molecule has 1 N–H and O–H groups in total. The van der Waals surface area contributed by atoms with Crippen molar-refractivity contribution in [1.29, 1.82) is 0 Å². The summed E-state index contributed by atoms with van der Waals surface area (Å²) >= 11 is 7.83. The highest BCUT2D eigenvalue weighted by Crippen LogP contribution is 2.38. The lowest BCUT2D eigenvalue weighted by molar-refractivity contribution is 0.200. The minimum absolute atomic E-state index is 0.0289. The first kappa shape index (κ1) is 15.3. The van der Waals surface area contributed by atoms with Crippen LogP contribution in [0.2, 0.25) is 5.02 Å². The Morgan fingerprint density at radius 2 is 2.05 bits per heavy atom. The SMILES string of the molecule is O=C(NCc1ccccc1)N1CCS[C@@H]1c1cccc(Cl)c1. The Morgan fingerprint density at radius 1 is 1.23 bits per heavy atom. The van der Waals surface area contributed by atoms with Crippen LogP contribution >= 0.6 is 23.4 Å². The third kappa shape index (κ3) is 3.57. The minimum atomic E-state index is -0.0289. The Bertz CT molecular complexity index is 650. The molecular weight excluding hydrogens is 316 g/mol. The highest BCUT2D eigenvalue weighted by Gasteiger charge is 2.30. The molecule has 0 aliphatic carbocycles. The molecule has 0 radical (unpaired) electrons.